The number of alkyl halides is 6. The van der Waals surface area contributed by atoms with E-state index in [0.29, 0.717) is 17.4 Å². The van der Waals surface area contributed by atoms with Gasteiger partial charge in [-0.05, 0) is 31.2 Å². The summed E-state index contributed by atoms with van der Waals surface area (Å²) in [5.41, 5.74) is 3.26. The van der Waals surface area contributed by atoms with Crippen LogP contribution in [-0.2, 0) is 12.4 Å². The number of hydrogen-bond acceptors (Lipinski definition) is 4. The molecule has 0 aliphatic rings. The Balaban J connectivity index is 2.03. The first kappa shape index (κ1) is 19.9. The zero-order chi connectivity index (χ0) is 20.9. The van der Waals surface area contributed by atoms with E-state index < -0.39 is 40.5 Å². The molecule has 0 unspecified atom stereocenters. The summed E-state index contributed by atoms with van der Waals surface area (Å²) in [6.07, 6.45) is -9.32. The quantitative estimate of drug-likeness (QED) is 0.541. The van der Waals surface area contributed by atoms with Crippen molar-refractivity contribution in [1.29, 1.82) is 0 Å². The molecule has 0 aliphatic carbocycles. The zero-order valence-corrected chi connectivity index (χ0v) is 14.8. The van der Waals surface area contributed by atoms with Crippen molar-refractivity contribution in [2.45, 2.75) is 19.3 Å². The molecule has 0 radical (unpaired) electrons. The van der Waals surface area contributed by atoms with E-state index in [2.05, 4.69) is 10.3 Å². The minimum atomic E-state index is -4.71. The second-order valence-corrected chi connectivity index (χ2v) is 6.87. The van der Waals surface area contributed by atoms with Crippen LogP contribution in [0.4, 0.5) is 37.7 Å². The number of amides is 1. The molecule has 11 heteroatoms. The van der Waals surface area contributed by atoms with E-state index >= 15 is 0 Å². The topological polar surface area (TPSA) is 68.0 Å². The third-order valence-corrected chi connectivity index (χ3v) is 4.88. The first-order chi connectivity index (χ1) is 12.9. The van der Waals surface area contributed by atoms with Gasteiger partial charge in [-0.1, -0.05) is 6.07 Å². The number of anilines is 2. The molecule has 4 nitrogen and oxygen atoms in total. The highest BCUT2D eigenvalue weighted by Gasteiger charge is 2.36. The van der Waals surface area contributed by atoms with Crippen LogP contribution in [0.15, 0.2) is 30.3 Å². The summed E-state index contributed by atoms with van der Waals surface area (Å²) < 4.78 is 78.3. The van der Waals surface area contributed by atoms with Gasteiger partial charge in [0.25, 0.3) is 5.91 Å². The van der Waals surface area contributed by atoms with Gasteiger partial charge in [0.2, 0.25) is 0 Å². The first-order valence-electron chi connectivity index (χ1n) is 7.63. The number of nitrogens with two attached hydrogens (primary N) is 1. The number of benzene rings is 1. The van der Waals surface area contributed by atoms with Crippen molar-refractivity contribution in [3.05, 3.63) is 52.0 Å². The monoisotopic (exact) mass is 419 g/mol. The maximum atomic E-state index is 13.3. The lowest BCUT2D eigenvalue weighted by atomic mass is 10.1. The highest BCUT2D eigenvalue weighted by Crippen LogP contribution is 2.42. The van der Waals surface area contributed by atoms with E-state index in [9.17, 15) is 31.1 Å². The Morgan fingerprint density at radius 1 is 1.11 bits per heavy atom. The van der Waals surface area contributed by atoms with Crippen molar-refractivity contribution in [2.24, 2.45) is 0 Å². The average molecular weight is 419 g/mol. The molecule has 0 spiro atoms. The molecule has 1 aromatic carbocycles. The summed E-state index contributed by atoms with van der Waals surface area (Å²) >= 11 is 0.635. The molecule has 0 aliphatic heterocycles. The summed E-state index contributed by atoms with van der Waals surface area (Å²) in [6.45, 7) is 1.37. The van der Waals surface area contributed by atoms with Crippen LogP contribution in [0.3, 0.4) is 0 Å². The van der Waals surface area contributed by atoms with Gasteiger partial charge in [0.05, 0.1) is 16.8 Å². The van der Waals surface area contributed by atoms with Gasteiger partial charge in [-0.25, -0.2) is 4.98 Å². The molecule has 0 fully saturated rings. The number of aryl methyl sites for hydroxylation is 1. The Hall–Kier alpha value is -2.82. The number of pyridine rings is 1. The van der Waals surface area contributed by atoms with E-state index in [1.165, 1.54) is 13.0 Å². The fraction of sp³-hybridized carbons (Fsp3) is 0.176. The van der Waals surface area contributed by atoms with Gasteiger partial charge < -0.3 is 11.1 Å². The maximum absolute atomic E-state index is 13.3. The average Bonchev–Trinajstić information content (AvgIpc) is 2.89. The molecule has 0 saturated carbocycles. The molecular weight excluding hydrogens is 408 g/mol. The zero-order valence-electron chi connectivity index (χ0n) is 14.0. The second kappa shape index (κ2) is 6.66. The maximum Gasteiger partial charge on any atom is 0.417 e. The van der Waals surface area contributed by atoms with Gasteiger partial charge in [-0.3, -0.25) is 4.79 Å². The van der Waals surface area contributed by atoms with Gasteiger partial charge in [-0.15, -0.1) is 11.3 Å². The molecule has 3 rings (SSSR count). The number of nitrogen functional groups attached to an aromatic ring is 1. The lowest BCUT2D eigenvalue weighted by molar-refractivity contribution is -0.138. The normalized spacial score (nSPS) is 12.4. The van der Waals surface area contributed by atoms with Gasteiger partial charge in [0, 0.05) is 16.8 Å². The van der Waals surface area contributed by atoms with Crippen molar-refractivity contribution in [2.75, 3.05) is 11.1 Å². The minimum absolute atomic E-state index is 0.0842. The van der Waals surface area contributed by atoms with E-state index in [0.717, 1.165) is 18.2 Å². The number of nitrogens with one attached hydrogen (secondary N) is 1. The molecule has 3 aromatic rings. The van der Waals surface area contributed by atoms with E-state index in [4.69, 9.17) is 5.73 Å². The lowest BCUT2D eigenvalue weighted by Crippen LogP contribution is -2.13. The van der Waals surface area contributed by atoms with Crippen LogP contribution in [0.5, 0.6) is 0 Å². The van der Waals surface area contributed by atoms with Gasteiger partial charge in [0.15, 0.2) is 0 Å². The highest BCUT2D eigenvalue weighted by atomic mass is 32.1. The number of carbonyl (C=O) groups excluding carboxylic acids is 1. The molecule has 0 atom stereocenters. The predicted octanol–water partition coefficient (Wildman–Crippen LogP) is 5.48. The van der Waals surface area contributed by atoms with Crippen LogP contribution >= 0.6 is 11.3 Å². The number of hydrogen-bond donors (Lipinski definition) is 2. The smallest absolute Gasteiger partial charge is 0.397 e. The number of halogens is 6. The van der Waals surface area contributed by atoms with Crippen molar-refractivity contribution in [1.82, 2.24) is 4.98 Å². The molecule has 2 heterocycles. The number of rotatable bonds is 2. The van der Waals surface area contributed by atoms with Crippen LogP contribution in [0.25, 0.3) is 10.2 Å². The summed E-state index contributed by atoms with van der Waals surface area (Å²) in [5.74, 6) is -0.925. The number of nitrogens with zero attached hydrogens (tertiary/aromatic N) is 1. The van der Waals surface area contributed by atoms with Gasteiger partial charge in [0.1, 0.15) is 9.71 Å². The summed E-state index contributed by atoms with van der Waals surface area (Å²) in [5, 5.41) is 1.82. The Morgan fingerprint density at radius 3 is 2.39 bits per heavy atom. The SMILES string of the molecule is Cc1cc(C(F)(F)F)c2c(N)c(C(=O)Nc3cccc(C(F)(F)F)c3)sc2n1. The van der Waals surface area contributed by atoms with Crippen LogP contribution in [-0.4, -0.2) is 10.9 Å². The predicted molar refractivity (Wildman–Crippen MR) is 93.2 cm³/mol. The third kappa shape index (κ3) is 3.75. The molecule has 148 valence electrons. The first-order valence-corrected chi connectivity index (χ1v) is 8.45. The summed E-state index contributed by atoms with van der Waals surface area (Å²) in [4.78, 5) is 16.1. The number of fused-ring (bicyclic) bond motifs is 1. The minimum Gasteiger partial charge on any atom is -0.397 e. The molecule has 1 amide bonds. The fourth-order valence-corrected chi connectivity index (χ4v) is 3.66. The molecule has 0 bridgehead atoms. The van der Waals surface area contributed by atoms with Crippen molar-refractivity contribution < 1.29 is 31.1 Å². The van der Waals surface area contributed by atoms with E-state index in [1.54, 1.807) is 0 Å². The molecule has 2 aromatic heterocycles. The van der Waals surface area contributed by atoms with Crippen LogP contribution in [0.1, 0.15) is 26.5 Å². The van der Waals surface area contributed by atoms with Crippen LogP contribution in [0, 0.1) is 6.92 Å². The van der Waals surface area contributed by atoms with Crippen LogP contribution < -0.4 is 11.1 Å². The highest BCUT2D eigenvalue weighted by molar-refractivity contribution is 7.21. The number of thiophene rings is 1. The Bertz CT molecular complexity index is 1070. The number of aromatic nitrogens is 1. The molecule has 3 N–H and O–H groups in total. The Labute approximate surface area is 158 Å². The molecule has 0 saturated heterocycles. The third-order valence-electron chi connectivity index (χ3n) is 3.79. The van der Waals surface area contributed by atoms with Gasteiger partial charge >= 0.3 is 12.4 Å². The van der Waals surface area contributed by atoms with Crippen molar-refractivity contribution in [3.8, 4) is 0 Å². The standard InChI is InChI=1S/C17H11F6N3OS/c1-7-5-10(17(21,22)23)11-12(24)13(28-15(11)25-7)14(27)26-9-4-2-3-8(6-9)16(18,19)20/h2-6H,24H2,1H3,(H,26,27). The Morgan fingerprint density at radius 2 is 1.79 bits per heavy atom. The molecular formula is C17H11F6N3OS. The summed E-state index contributed by atoms with van der Waals surface area (Å²) in [7, 11) is 0. The fourth-order valence-electron chi connectivity index (χ4n) is 2.60. The number of carbonyl (C=O) groups is 1. The van der Waals surface area contributed by atoms with E-state index in [-0.39, 0.29) is 21.1 Å². The van der Waals surface area contributed by atoms with Gasteiger partial charge in [-0.2, -0.15) is 26.3 Å². The Kier molecular flexibility index (Phi) is 4.74. The molecule has 28 heavy (non-hydrogen) atoms. The summed E-state index contributed by atoms with van der Waals surface area (Å²) in [6, 6.07) is 4.68. The lowest BCUT2D eigenvalue weighted by Gasteiger charge is -2.10. The second-order valence-electron chi connectivity index (χ2n) is 5.87. The van der Waals surface area contributed by atoms with Crippen molar-refractivity contribution in [3.63, 3.8) is 0 Å². The van der Waals surface area contributed by atoms with Crippen molar-refractivity contribution >= 4 is 38.8 Å². The van der Waals surface area contributed by atoms with Crippen LogP contribution in [0.2, 0.25) is 0 Å². The largest absolute Gasteiger partial charge is 0.417 e. The van der Waals surface area contributed by atoms with E-state index in [1.807, 2.05) is 0 Å².